The molecule has 8 nitrogen and oxygen atoms in total. The molecule has 1 atom stereocenters. The zero-order valence-corrected chi connectivity index (χ0v) is 15.9. The van der Waals surface area contributed by atoms with Crippen LogP contribution in [0.2, 0.25) is 0 Å². The van der Waals surface area contributed by atoms with E-state index in [9.17, 15) is 10.2 Å². The summed E-state index contributed by atoms with van der Waals surface area (Å²) in [6.07, 6.45) is 1.66. The van der Waals surface area contributed by atoms with Crippen molar-refractivity contribution in [2.45, 2.75) is 6.04 Å². The van der Waals surface area contributed by atoms with E-state index in [2.05, 4.69) is 10.3 Å². The molecule has 2 aromatic carbocycles. The van der Waals surface area contributed by atoms with Gasteiger partial charge in [0.25, 0.3) is 0 Å². The normalized spacial score (nSPS) is 13.0. The van der Waals surface area contributed by atoms with E-state index >= 15 is 0 Å². The van der Waals surface area contributed by atoms with E-state index in [1.54, 1.807) is 24.4 Å². The number of anilines is 1. The van der Waals surface area contributed by atoms with Crippen LogP contribution in [0.5, 0.6) is 34.5 Å². The Kier molecular flexibility index (Phi) is 4.90. The number of nitrogens with one attached hydrogen (secondary N) is 1. The molecule has 29 heavy (non-hydrogen) atoms. The molecule has 1 aliphatic heterocycles. The highest BCUT2D eigenvalue weighted by Gasteiger charge is 2.26. The Balaban J connectivity index is 1.86. The third-order valence-electron chi connectivity index (χ3n) is 4.63. The van der Waals surface area contributed by atoms with Gasteiger partial charge in [-0.3, -0.25) is 0 Å². The molecule has 3 N–H and O–H groups in total. The minimum atomic E-state index is -0.553. The molecule has 3 aromatic rings. The lowest BCUT2D eigenvalue weighted by Gasteiger charge is -2.23. The van der Waals surface area contributed by atoms with Crippen LogP contribution in [0, 0.1) is 0 Å². The summed E-state index contributed by atoms with van der Waals surface area (Å²) in [5, 5.41) is 24.3. The van der Waals surface area contributed by atoms with Crippen LogP contribution in [-0.2, 0) is 0 Å². The van der Waals surface area contributed by atoms with Crippen molar-refractivity contribution < 1.29 is 29.2 Å². The van der Waals surface area contributed by atoms with Crippen molar-refractivity contribution in [3.05, 3.63) is 59.8 Å². The second-order valence-electron chi connectivity index (χ2n) is 6.33. The number of aromatic hydroxyl groups is 2. The third-order valence-corrected chi connectivity index (χ3v) is 4.63. The quantitative estimate of drug-likeness (QED) is 0.582. The van der Waals surface area contributed by atoms with Crippen molar-refractivity contribution in [1.82, 2.24) is 4.98 Å². The largest absolute Gasteiger partial charge is 0.507 e. The summed E-state index contributed by atoms with van der Waals surface area (Å²) >= 11 is 0. The molecule has 0 spiro atoms. The minimum absolute atomic E-state index is 0.0219. The van der Waals surface area contributed by atoms with Crippen molar-refractivity contribution in [1.29, 1.82) is 0 Å². The highest BCUT2D eigenvalue weighted by Crippen LogP contribution is 2.45. The Bertz CT molecular complexity index is 1000. The summed E-state index contributed by atoms with van der Waals surface area (Å²) < 4.78 is 21.4. The fourth-order valence-corrected chi connectivity index (χ4v) is 3.20. The monoisotopic (exact) mass is 396 g/mol. The second-order valence-corrected chi connectivity index (χ2v) is 6.33. The van der Waals surface area contributed by atoms with E-state index in [1.165, 1.54) is 20.3 Å². The smallest absolute Gasteiger partial charge is 0.231 e. The number of nitrogens with zero attached hydrogens (tertiary/aromatic N) is 1. The van der Waals surface area contributed by atoms with Gasteiger partial charge in [0.05, 0.1) is 20.3 Å². The molecule has 150 valence electrons. The first-order valence-corrected chi connectivity index (χ1v) is 8.85. The van der Waals surface area contributed by atoms with Gasteiger partial charge in [-0.05, 0) is 35.9 Å². The summed E-state index contributed by atoms with van der Waals surface area (Å²) in [6, 6.07) is 11.5. The van der Waals surface area contributed by atoms with Crippen LogP contribution < -0.4 is 24.3 Å². The number of aromatic nitrogens is 1. The van der Waals surface area contributed by atoms with Crippen LogP contribution in [0.15, 0.2) is 48.7 Å². The average molecular weight is 396 g/mol. The van der Waals surface area contributed by atoms with Crippen LogP contribution in [0.1, 0.15) is 17.2 Å². The zero-order chi connectivity index (χ0) is 20.4. The van der Waals surface area contributed by atoms with E-state index in [0.29, 0.717) is 28.4 Å². The predicted octanol–water partition coefficient (Wildman–Crippen LogP) is 3.44. The lowest BCUT2D eigenvalue weighted by Crippen LogP contribution is -2.14. The van der Waals surface area contributed by atoms with Crippen LogP contribution in [0.4, 0.5) is 5.82 Å². The Morgan fingerprint density at radius 3 is 2.31 bits per heavy atom. The van der Waals surface area contributed by atoms with Crippen molar-refractivity contribution in [3.8, 4) is 34.5 Å². The van der Waals surface area contributed by atoms with Gasteiger partial charge >= 0.3 is 0 Å². The zero-order valence-electron chi connectivity index (χ0n) is 15.9. The SMILES string of the molecule is COc1cc([C@H](Nc2ccccn2)c2cc3c(cc2O)OCO3)cc(OC)c1O. The first kappa shape index (κ1) is 18.5. The van der Waals surface area contributed by atoms with E-state index < -0.39 is 6.04 Å². The Hall–Kier alpha value is -3.81. The number of rotatable bonds is 6. The molecule has 2 heterocycles. The highest BCUT2D eigenvalue weighted by atomic mass is 16.7. The summed E-state index contributed by atoms with van der Waals surface area (Å²) in [6.45, 7) is 0.0947. The van der Waals surface area contributed by atoms with Crippen molar-refractivity contribution >= 4 is 5.82 Å². The molecule has 0 aliphatic carbocycles. The topological polar surface area (TPSA) is 102 Å². The van der Waals surface area contributed by atoms with E-state index in [4.69, 9.17) is 18.9 Å². The Morgan fingerprint density at radius 2 is 1.69 bits per heavy atom. The van der Waals surface area contributed by atoms with Gasteiger partial charge in [0.15, 0.2) is 23.0 Å². The number of pyridine rings is 1. The number of methoxy groups -OCH3 is 2. The molecule has 0 amide bonds. The van der Waals surface area contributed by atoms with Gasteiger partial charge in [0, 0.05) is 17.8 Å². The molecular formula is C21H20N2O6. The maximum Gasteiger partial charge on any atom is 0.231 e. The lowest BCUT2D eigenvalue weighted by atomic mass is 9.96. The number of hydrogen-bond acceptors (Lipinski definition) is 8. The first-order valence-electron chi connectivity index (χ1n) is 8.85. The molecule has 0 radical (unpaired) electrons. The van der Waals surface area contributed by atoms with Crippen LogP contribution in [0.25, 0.3) is 0 Å². The van der Waals surface area contributed by atoms with Gasteiger partial charge in [-0.15, -0.1) is 0 Å². The molecule has 0 bridgehead atoms. The number of hydrogen-bond donors (Lipinski definition) is 3. The van der Waals surface area contributed by atoms with Crippen molar-refractivity contribution in [3.63, 3.8) is 0 Å². The molecule has 0 unspecified atom stereocenters. The van der Waals surface area contributed by atoms with Crippen molar-refractivity contribution in [2.75, 3.05) is 26.3 Å². The third kappa shape index (κ3) is 3.52. The summed E-state index contributed by atoms with van der Waals surface area (Å²) in [5.41, 5.74) is 1.21. The fraction of sp³-hybridized carbons (Fsp3) is 0.190. The molecule has 1 aromatic heterocycles. The number of phenolic OH excluding ortho intramolecular Hbond substituents is 2. The summed E-state index contributed by atoms with van der Waals surface area (Å²) in [7, 11) is 2.91. The van der Waals surface area contributed by atoms with Crippen LogP contribution in [-0.4, -0.2) is 36.2 Å². The lowest BCUT2D eigenvalue weighted by molar-refractivity contribution is 0.174. The van der Waals surface area contributed by atoms with E-state index in [-0.39, 0.29) is 29.8 Å². The van der Waals surface area contributed by atoms with Gasteiger partial charge in [-0.25, -0.2) is 4.98 Å². The first-order chi connectivity index (χ1) is 14.1. The van der Waals surface area contributed by atoms with Gasteiger partial charge in [-0.2, -0.15) is 0 Å². The molecular weight excluding hydrogens is 376 g/mol. The summed E-state index contributed by atoms with van der Waals surface area (Å²) in [4.78, 5) is 4.31. The molecule has 8 heteroatoms. The van der Waals surface area contributed by atoms with E-state index in [0.717, 1.165) is 0 Å². The van der Waals surface area contributed by atoms with Gasteiger partial charge in [0.1, 0.15) is 11.6 Å². The second kappa shape index (κ2) is 7.67. The van der Waals surface area contributed by atoms with Gasteiger partial charge in [0.2, 0.25) is 12.5 Å². The highest BCUT2D eigenvalue weighted by molar-refractivity contribution is 5.60. The number of phenols is 2. The predicted molar refractivity (Wildman–Crippen MR) is 105 cm³/mol. The standard InChI is InChI=1S/C21H20N2O6/c1-26-17-7-12(8-18(27-2)21(17)25)20(23-19-5-3-4-6-22-19)13-9-15-16(10-14(13)24)29-11-28-15/h3-10,20,24-25H,11H2,1-2H3,(H,22,23)/t20-/m0/s1. The minimum Gasteiger partial charge on any atom is -0.507 e. The number of ether oxygens (including phenoxy) is 4. The number of fused-ring (bicyclic) bond motifs is 1. The maximum absolute atomic E-state index is 10.7. The molecule has 4 rings (SSSR count). The van der Waals surface area contributed by atoms with Gasteiger partial charge < -0.3 is 34.5 Å². The van der Waals surface area contributed by atoms with Crippen LogP contribution in [0.3, 0.4) is 0 Å². The number of benzene rings is 2. The molecule has 0 saturated heterocycles. The van der Waals surface area contributed by atoms with Crippen molar-refractivity contribution in [2.24, 2.45) is 0 Å². The van der Waals surface area contributed by atoms with Crippen LogP contribution >= 0.6 is 0 Å². The average Bonchev–Trinajstić information content (AvgIpc) is 3.20. The van der Waals surface area contributed by atoms with E-state index in [1.807, 2.05) is 18.2 Å². The fourth-order valence-electron chi connectivity index (χ4n) is 3.20. The maximum atomic E-state index is 10.7. The Morgan fingerprint density at radius 1 is 1.00 bits per heavy atom. The Labute approximate surface area is 167 Å². The molecule has 0 saturated carbocycles. The molecule has 0 fully saturated rings. The summed E-state index contributed by atoms with van der Waals surface area (Å²) in [5.74, 6) is 2.01. The van der Waals surface area contributed by atoms with Gasteiger partial charge in [-0.1, -0.05) is 6.07 Å². The molecule has 1 aliphatic rings.